The number of aliphatic carboxylic acids is 1. The summed E-state index contributed by atoms with van der Waals surface area (Å²) in [5.41, 5.74) is 7.85. The number of hydrogen-bond acceptors (Lipinski definition) is 3. The van der Waals surface area contributed by atoms with Gasteiger partial charge in [0.05, 0.1) is 23.5 Å². The molecule has 1 aromatic heterocycles. The molecule has 1 aromatic carbocycles. The molecular formula is C13H10Cl2N2O2. The van der Waals surface area contributed by atoms with Crippen LogP contribution in [0.2, 0.25) is 10.0 Å². The Kier molecular flexibility index (Phi) is 3.93. The molecule has 4 nitrogen and oxygen atoms in total. The standard InChI is InChI=1S/C13H10Cl2N2O2/c14-8-3-7(4-9(15)5-8)13-11(16)2-1-10(17-13)6-12(18)19/h1-5H,6,16H2,(H,18,19). The quantitative estimate of drug-likeness (QED) is 0.911. The zero-order chi connectivity index (χ0) is 14.0. The first-order valence-corrected chi connectivity index (χ1v) is 6.15. The third kappa shape index (κ3) is 3.36. The number of nitrogens with zero attached hydrogens (tertiary/aromatic N) is 1. The second kappa shape index (κ2) is 5.47. The number of nitrogen functional groups attached to an aromatic ring is 1. The average Bonchev–Trinajstić information content (AvgIpc) is 2.29. The summed E-state index contributed by atoms with van der Waals surface area (Å²) in [4.78, 5) is 14.9. The van der Waals surface area contributed by atoms with Crippen LogP contribution in [0.3, 0.4) is 0 Å². The molecule has 0 saturated carbocycles. The second-order valence-electron chi connectivity index (χ2n) is 3.97. The molecule has 0 amide bonds. The number of hydrogen-bond donors (Lipinski definition) is 2. The summed E-state index contributed by atoms with van der Waals surface area (Å²) < 4.78 is 0. The van der Waals surface area contributed by atoms with Gasteiger partial charge >= 0.3 is 5.97 Å². The Balaban J connectivity index is 2.51. The molecule has 2 rings (SSSR count). The zero-order valence-electron chi connectivity index (χ0n) is 9.73. The normalized spacial score (nSPS) is 10.4. The maximum Gasteiger partial charge on any atom is 0.309 e. The van der Waals surface area contributed by atoms with E-state index in [0.717, 1.165) is 0 Å². The third-order valence-corrected chi connectivity index (χ3v) is 2.89. The molecule has 0 aliphatic rings. The molecule has 98 valence electrons. The van der Waals surface area contributed by atoms with Crippen LogP contribution in [-0.2, 0) is 11.2 Å². The zero-order valence-corrected chi connectivity index (χ0v) is 11.2. The van der Waals surface area contributed by atoms with Gasteiger partial charge in [0, 0.05) is 15.6 Å². The first-order chi connectivity index (χ1) is 8.95. The van der Waals surface area contributed by atoms with Crippen molar-refractivity contribution in [2.75, 3.05) is 5.73 Å². The van der Waals surface area contributed by atoms with Gasteiger partial charge in [-0.2, -0.15) is 0 Å². The molecule has 0 aliphatic heterocycles. The van der Waals surface area contributed by atoms with Crippen molar-refractivity contribution in [2.24, 2.45) is 0 Å². The van der Waals surface area contributed by atoms with Gasteiger partial charge in [-0.25, -0.2) is 0 Å². The predicted octanol–water partition coefficient (Wildman–Crippen LogP) is 3.26. The number of pyridine rings is 1. The van der Waals surface area contributed by atoms with Crippen LogP contribution in [-0.4, -0.2) is 16.1 Å². The minimum Gasteiger partial charge on any atom is -0.481 e. The second-order valence-corrected chi connectivity index (χ2v) is 4.84. The van der Waals surface area contributed by atoms with E-state index < -0.39 is 5.97 Å². The fraction of sp³-hybridized carbons (Fsp3) is 0.0769. The summed E-state index contributed by atoms with van der Waals surface area (Å²) in [6.07, 6.45) is -0.165. The first kappa shape index (κ1) is 13.6. The van der Waals surface area contributed by atoms with Gasteiger partial charge in [0.2, 0.25) is 0 Å². The monoisotopic (exact) mass is 296 g/mol. The van der Waals surface area contributed by atoms with Gasteiger partial charge in [0.15, 0.2) is 0 Å². The molecule has 6 heteroatoms. The molecule has 3 N–H and O–H groups in total. The number of aromatic nitrogens is 1. The van der Waals surface area contributed by atoms with Crippen LogP contribution in [0.5, 0.6) is 0 Å². The maximum atomic E-state index is 10.7. The molecule has 0 bridgehead atoms. The summed E-state index contributed by atoms with van der Waals surface area (Å²) in [6, 6.07) is 8.16. The lowest BCUT2D eigenvalue weighted by Gasteiger charge is -2.08. The molecule has 0 spiro atoms. The Hall–Kier alpha value is -1.78. The molecule has 0 fully saturated rings. The van der Waals surface area contributed by atoms with E-state index >= 15 is 0 Å². The van der Waals surface area contributed by atoms with Crippen molar-refractivity contribution in [1.82, 2.24) is 4.98 Å². The van der Waals surface area contributed by atoms with E-state index in [1.165, 1.54) is 0 Å². The molecule has 1 heterocycles. The highest BCUT2D eigenvalue weighted by Crippen LogP contribution is 2.29. The molecule has 0 atom stereocenters. The van der Waals surface area contributed by atoms with Crippen LogP contribution in [0.4, 0.5) is 5.69 Å². The lowest BCUT2D eigenvalue weighted by Crippen LogP contribution is -2.04. The number of benzene rings is 1. The first-order valence-electron chi connectivity index (χ1n) is 5.39. The van der Waals surface area contributed by atoms with Crippen molar-refractivity contribution in [3.05, 3.63) is 46.1 Å². The summed E-state index contributed by atoms with van der Waals surface area (Å²) in [6.45, 7) is 0. The molecule has 0 unspecified atom stereocenters. The fourth-order valence-electron chi connectivity index (χ4n) is 1.69. The van der Waals surface area contributed by atoms with Gasteiger partial charge in [-0.05, 0) is 30.3 Å². The number of halogens is 2. The Bertz CT molecular complexity index is 624. The van der Waals surface area contributed by atoms with Gasteiger partial charge in [-0.15, -0.1) is 0 Å². The lowest BCUT2D eigenvalue weighted by atomic mass is 10.1. The summed E-state index contributed by atoms with van der Waals surface area (Å²) in [5, 5.41) is 9.70. The molecule has 0 aliphatic carbocycles. The maximum absolute atomic E-state index is 10.7. The van der Waals surface area contributed by atoms with E-state index in [-0.39, 0.29) is 6.42 Å². The van der Waals surface area contributed by atoms with Crippen molar-refractivity contribution >= 4 is 34.9 Å². The fourth-order valence-corrected chi connectivity index (χ4v) is 2.21. The number of anilines is 1. The van der Waals surface area contributed by atoms with Gasteiger partial charge < -0.3 is 10.8 Å². The van der Waals surface area contributed by atoms with E-state index in [4.69, 9.17) is 34.0 Å². The summed E-state index contributed by atoms with van der Waals surface area (Å²) >= 11 is 11.9. The number of carbonyl (C=O) groups is 1. The predicted molar refractivity (Wildman–Crippen MR) is 75.4 cm³/mol. The van der Waals surface area contributed by atoms with Crippen LogP contribution >= 0.6 is 23.2 Å². The van der Waals surface area contributed by atoms with Crippen LogP contribution in [0.15, 0.2) is 30.3 Å². The van der Waals surface area contributed by atoms with Crippen LogP contribution in [0.25, 0.3) is 11.3 Å². The Morgan fingerprint density at radius 1 is 1.21 bits per heavy atom. The molecule has 19 heavy (non-hydrogen) atoms. The van der Waals surface area contributed by atoms with Crippen LogP contribution in [0, 0.1) is 0 Å². The largest absolute Gasteiger partial charge is 0.481 e. The Morgan fingerprint density at radius 2 is 1.84 bits per heavy atom. The van der Waals surface area contributed by atoms with E-state index in [0.29, 0.717) is 32.7 Å². The molecule has 0 radical (unpaired) electrons. The Morgan fingerprint density at radius 3 is 2.42 bits per heavy atom. The van der Waals surface area contributed by atoms with E-state index in [9.17, 15) is 4.79 Å². The highest BCUT2D eigenvalue weighted by Gasteiger charge is 2.10. The van der Waals surface area contributed by atoms with Crippen molar-refractivity contribution < 1.29 is 9.90 Å². The van der Waals surface area contributed by atoms with Gasteiger partial charge in [-0.3, -0.25) is 9.78 Å². The third-order valence-electron chi connectivity index (χ3n) is 2.45. The van der Waals surface area contributed by atoms with E-state index in [1.807, 2.05) is 0 Å². The van der Waals surface area contributed by atoms with Crippen molar-refractivity contribution in [2.45, 2.75) is 6.42 Å². The highest BCUT2D eigenvalue weighted by molar-refractivity contribution is 6.35. The van der Waals surface area contributed by atoms with Crippen molar-refractivity contribution in [1.29, 1.82) is 0 Å². The SMILES string of the molecule is Nc1ccc(CC(=O)O)nc1-c1cc(Cl)cc(Cl)c1. The lowest BCUT2D eigenvalue weighted by molar-refractivity contribution is -0.136. The highest BCUT2D eigenvalue weighted by atomic mass is 35.5. The van der Waals surface area contributed by atoms with Crippen LogP contribution in [0.1, 0.15) is 5.69 Å². The Labute approximate surface area is 119 Å². The van der Waals surface area contributed by atoms with E-state index in [1.54, 1.807) is 30.3 Å². The van der Waals surface area contributed by atoms with Gasteiger partial charge in [-0.1, -0.05) is 23.2 Å². The summed E-state index contributed by atoms with van der Waals surface area (Å²) in [7, 11) is 0. The van der Waals surface area contributed by atoms with Crippen molar-refractivity contribution in [3.63, 3.8) is 0 Å². The minimum atomic E-state index is -0.952. The average molecular weight is 297 g/mol. The van der Waals surface area contributed by atoms with Gasteiger partial charge in [0.1, 0.15) is 0 Å². The van der Waals surface area contributed by atoms with Gasteiger partial charge in [0.25, 0.3) is 0 Å². The smallest absolute Gasteiger partial charge is 0.309 e. The molecule has 0 saturated heterocycles. The number of rotatable bonds is 3. The van der Waals surface area contributed by atoms with Crippen molar-refractivity contribution in [3.8, 4) is 11.3 Å². The number of carboxylic acid groups (broad SMARTS) is 1. The molecular weight excluding hydrogens is 287 g/mol. The minimum absolute atomic E-state index is 0.165. The topological polar surface area (TPSA) is 76.2 Å². The number of nitrogens with two attached hydrogens (primary N) is 1. The number of carboxylic acids is 1. The summed E-state index contributed by atoms with van der Waals surface area (Å²) in [5.74, 6) is -0.952. The van der Waals surface area contributed by atoms with E-state index in [2.05, 4.69) is 4.98 Å². The molecule has 2 aromatic rings. The van der Waals surface area contributed by atoms with Crippen LogP contribution < -0.4 is 5.73 Å².